The normalized spacial score (nSPS) is 23.4. The van der Waals surface area contributed by atoms with Gasteiger partial charge in [-0.15, -0.1) is 0 Å². The Morgan fingerprint density at radius 1 is 1.41 bits per heavy atom. The van der Waals surface area contributed by atoms with Crippen LogP contribution in [0.2, 0.25) is 0 Å². The number of anilines is 1. The lowest BCUT2D eigenvalue weighted by molar-refractivity contribution is -0.155. The quantitative estimate of drug-likeness (QED) is 0.786. The zero-order valence-corrected chi connectivity index (χ0v) is 8.96. The van der Waals surface area contributed by atoms with Crippen molar-refractivity contribution in [2.75, 3.05) is 12.0 Å². The maximum absolute atomic E-state index is 12.7. The minimum absolute atomic E-state index is 0.345. The lowest BCUT2D eigenvalue weighted by Gasteiger charge is -2.43. The highest BCUT2D eigenvalue weighted by molar-refractivity contribution is 6.12. The van der Waals surface area contributed by atoms with Crippen molar-refractivity contribution in [2.24, 2.45) is 0 Å². The van der Waals surface area contributed by atoms with Gasteiger partial charge in [0, 0.05) is 12.8 Å². The molecule has 1 heterocycles. The fourth-order valence-electron chi connectivity index (χ4n) is 1.82. The van der Waals surface area contributed by atoms with Crippen LogP contribution in [0.3, 0.4) is 0 Å². The van der Waals surface area contributed by atoms with Crippen molar-refractivity contribution in [3.63, 3.8) is 0 Å². The number of methoxy groups -OCH3 is 1. The van der Waals surface area contributed by atoms with Gasteiger partial charge in [-0.3, -0.25) is 9.69 Å². The van der Waals surface area contributed by atoms with Gasteiger partial charge in [-0.25, -0.2) is 9.18 Å². The zero-order valence-electron chi connectivity index (χ0n) is 8.96. The smallest absolute Gasteiger partial charge is 0.330 e. The first-order valence-corrected chi connectivity index (χ1v) is 4.90. The van der Waals surface area contributed by atoms with Crippen LogP contribution in [0.5, 0.6) is 0 Å². The van der Waals surface area contributed by atoms with E-state index < -0.39 is 29.8 Å². The van der Waals surface area contributed by atoms with Crippen LogP contribution in [0.1, 0.15) is 0 Å². The highest BCUT2D eigenvalue weighted by Crippen LogP contribution is 2.30. The number of carboxylic acid groups (broad SMARTS) is 1. The summed E-state index contributed by atoms with van der Waals surface area (Å²) in [5.74, 6) is -2.04. The minimum atomic E-state index is -1.15. The molecular formula is C11H10FNO4. The Morgan fingerprint density at radius 3 is 2.47 bits per heavy atom. The summed E-state index contributed by atoms with van der Waals surface area (Å²) in [6.07, 6.45) is -0.974. The molecule has 0 bridgehead atoms. The zero-order chi connectivity index (χ0) is 12.6. The van der Waals surface area contributed by atoms with Crippen LogP contribution in [-0.4, -0.2) is 36.2 Å². The van der Waals surface area contributed by atoms with Gasteiger partial charge in [0.1, 0.15) is 5.82 Å². The molecule has 1 saturated heterocycles. The van der Waals surface area contributed by atoms with Crippen LogP contribution < -0.4 is 4.90 Å². The van der Waals surface area contributed by atoms with Gasteiger partial charge in [0.25, 0.3) is 5.91 Å². The Labute approximate surface area is 96.4 Å². The number of benzene rings is 1. The number of hydrogen-bond donors (Lipinski definition) is 1. The molecule has 5 nitrogen and oxygen atoms in total. The second kappa shape index (κ2) is 4.14. The third kappa shape index (κ3) is 1.76. The Hall–Kier alpha value is -1.95. The first-order valence-electron chi connectivity index (χ1n) is 4.90. The van der Waals surface area contributed by atoms with Crippen molar-refractivity contribution in [2.45, 2.75) is 12.1 Å². The lowest BCUT2D eigenvalue weighted by Crippen LogP contribution is -2.69. The number of carbonyl (C=O) groups excluding carboxylic acids is 1. The number of ether oxygens (including phenoxy) is 1. The Kier molecular flexibility index (Phi) is 2.81. The average Bonchev–Trinajstić information content (AvgIpc) is 2.28. The van der Waals surface area contributed by atoms with E-state index in [2.05, 4.69) is 0 Å². The van der Waals surface area contributed by atoms with Gasteiger partial charge in [-0.2, -0.15) is 0 Å². The predicted molar refractivity (Wildman–Crippen MR) is 56.1 cm³/mol. The number of carboxylic acids is 1. The number of rotatable bonds is 3. The number of β-lactam (4-membered cyclic amide) rings is 1. The molecule has 0 aliphatic carbocycles. The maximum atomic E-state index is 12.7. The molecule has 1 aliphatic rings. The third-order valence-electron chi connectivity index (χ3n) is 2.66. The highest BCUT2D eigenvalue weighted by Gasteiger charge is 2.53. The van der Waals surface area contributed by atoms with E-state index in [1.165, 1.54) is 31.4 Å². The number of aliphatic carboxylic acids is 1. The van der Waals surface area contributed by atoms with Crippen molar-refractivity contribution >= 4 is 17.6 Å². The second-order valence-electron chi connectivity index (χ2n) is 3.62. The largest absolute Gasteiger partial charge is 0.480 e. The van der Waals surface area contributed by atoms with E-state index in [0.29, 0.717) is 5.69 Å². The van der Waals surface area contributed by atoms with Gasteiger partial charge in [0.05, 0.1) is 0 Å². The molecule has 2 rings (SSSR count). The molecule has 17 heavy (non-hydrogen) atoms. The Bertz CT molecular complexity index is 459. The fourth-order valence-corrected chi connectivity index (χ4v) is 1.82. The van der Waals surface area contributed by atoms with Crippen LogP contribution in [0, 0.1) is 5.82 Å². The van der Waals surface area contributed by atoms with E-state index in [1.54, 1.807) is 0 Å². The van der Waals surface area contributed by atoms with Crippen molar-refractivity contribution in [3.8, 4) is 0 Å². The summed E-state index contributed by atoms with van der Waals surface area (Å²) in [4.78, 5) is 23.7. The summed E-state index contributed by atoms with van der Waals surface area (Å²) < 4.78 is 17.5. The number of halogens is 1. The van der Waals surface area contributed by atoms with Gasteiger partial charge in [-0.1, -0.05) is 0 Å². The average molecular weight is 239 g/mol. The summed E-state index contributed by atoms with van der Waals surface area (Å²) in [6, 6.07) is 3.99. The van der Waals surface area contributed by atoms with Crippen molar-refractivity contribution in [1.29, 1.82) is 0 Å². The van der Waals surface area contributed by atoms with Gasteiger partial charge >= 0.3 is 5.97 Å². The van der Waals surface area contributed by atoms with E-state index in [-0.39, 0.29) is 0 Å². The van der Waals surface area contributed by atoms with E-state index in [0.717, 1.165) is 4.90 Å². The molecule has 90 valence electrons. The standard InChI is InChI=1S/C11H10FNO4/c1-17-9-8(11(15)16)13(10(9)14)7-4-2-6(12)3-5-7/h2-5,8-9H,1H3,(H,15,16)/t8-,9+/m1/s1. The Balaban J connectivity index is 2.29. The topological polar surface area (TPSA) is 66.8 Å². The second-order valence-corrected chi connectivity index (χ2v) is 3.62. The molecule has 0 unspecified atom stereocenters. The van der Waals surface area contributed by atoms with Crippen molar-refractivity contribution in [1.82, 2.24) is 0 Å². The van der Waals surface area contributed by atoms with E-state index in [1.807, 2.05) is 0 Å². The SMILES string of the molecule is CO[C@@H]1C(=O)N(c2ccc(F)cc2)[C@H]1C(=O)O. The molecule has 6 heteroatoms. The summed E-state index contributed by atoms with van der Waals surface area (Å²) in [7, 11) is 1.28. The molecule has 1 aliphatic heterocycles. The van der Waals surface area contributed by atoms with Crippen LogP contribution in [-0.2, 0) is 14.3 Å². The van der Waals surface area contributed by atoms with Crippen LogP contribution in [0.15, 0.2) is 24.3 Å². The molecule has 0 aromatic heterocycles. The van der Waals surface area contributed by atoms with Gasteiger partial charge in [0.2, 0.25) is 0 Å². The first-order chi connectivity index (χ1) is 8.06. The van der Waals surface area contributed by atoms with Crippen molar-refractivity contribution < 1.29 is 23.8 Å². The van der Waals surface area contributed by atoms with Crippen LogP contribution >= 0.6 is 0 Å². The molecule has 2 atom stereocenters. The number of carbonyl (C=O) groups is 2. The van der Waals surface area contributed by atoms with Gasteiger partial charge < -0.3 is 9.84 Å². The molecule has 0 radical (unpaired) electrons. The predicted octanol–water partition coefficient (Wildman–Crippen LogP) is 0.641. The fraction of sp³-hybridized carbons (Fsp3) is 0.273. The molecule has 0 spiro atoms. The minimum Gasteiger partial charge on any atom is -0.480 e. The van der Waals surface area contributed by atoms with Crippen molar-refractivity contribution in [3.05, 3.63) is 30.1 Å². The molecule has 1 aromatic carbocycles. The maximum Gasteiger partial charge on any atom is 0.330 e. The first kappa shape index (κ1) is 11.5. The Morgan fingerprint density at radius 2 is 2.00 bits per heavy atom. The van der Waals surface area contributed by atoms with Crippen LogP contribution in [0.4, 0.5) is 10.1 Å². The third-order valence-corrected chi connectivity index (χ3v) is 2.66. The van der Waals surface area contributed by atoms with E-state index >= 15 is 0 Å². The van der Waals surface area contributed by atoms with E-state index in [4.69, 9.17) is 9.84 Å². The molecule has 1 amide bonds. The molecule has 1 aromatic rings. The molecule has 1 fully saturated rings. The van der Waals surface area contributed by atoms with Gasteiger partial charge in [0.15, 0.2) is 12.1 Å². The monoisotopic (exact) mass is 239 g/mol. The summed E-state index contributed by atoms with van der Waals surface area (Å²) in [5.41, 5.74) is 0.345. The molecular weight excluding hydrogens is 229 g/mol. The summed E-state index contributed by atoms with van der Waals surface area (Å²) >= 11 is 0. The number of amides is 1. The van der Waals surface area contributed by atoms with E-state index in [9.17, 15) is 14.0 Å². The summed E-state index contributed by atoms with van der Waals surface area (Å²) in [5, 5.41) is 8.99. The molecule has 0 saturated carbocycles. The summed E-state index contributed by atoms with van der Waals surface area (Å²) in [6.45, 7) is 0. The molecule has 1 N–H and O–H groups in total. The number of nitrogens with zero attached hydrogens (tertiary/aromatic N) is 1. The lowest BCUT2D eigenvalue weighted by atomic mass is 9.97. The van der Waals surface area contributed by atoms with Gasteiger partial charge in [-0.05, 0) is 24.3 Å². The highest BCUT2D eigenvalue weighted by atomic mass is 19.1. The van der Waals surface area contributed by atoms with Crippen LogP contribution in [0.25, 0.3) is 0 Å². The number of hydrogen-bond acceptors (Lipinski definition) is 3.